The Bertz CT molecular complexity index is 892. The molecule has 1 saturated carbocycles. The van der Waals surface area contributed by atoms with Gasteiger partial charge in [0.05, 0.1) is 33.1 Å². The monoisotopic (exact) mass is 373 g/mol. The summed E-state index contributed by atoms with van der Waals surface area (Å²) in [7, 11) is 0. The minimum atomic E-state index is -0.408. The van der Waals surface area contributed by atoms with Crippen molar-refractivity contribution in [3.63, 3.8) is 0 Å². The number of para-hydroxylation sites is 1. The topological polar surface area (TPSA) is 82.0 Å². The average Bonchev–Trinajstić information content (AvgIpc) is 3.39. The predicted octanol–water partition coefficient (Wildman–Crippen LogP) is 4.08. The molecule has 1 aliphatic carbocycles. The van der Waals surface area contributed by atoms with Gasteiger partial charge in [-0.3, -0.25) is 9.59 Å². The summed E-state index contributed by atoms with van der Waals surface area (Å²) in [6, 6.07) is 13.5. The summed E-state index contributed by atoms with van der Waals surface area (Å²) in [5.74, 6) is -1.32. The third-order valence-corrected chi connectivity index (χ3v) is 4.70. The lowest BCUT2D eigenvalue weighted by Gasteiger charge is -2.08. The van der Waals surface area contributed by atoms with Gasteiger partial charge in [-0.2, -0.15) is 5.26 Å². The summed E-state index contributed by atoms with van der Waals surface area (Å²) in [6.07, 6.45) is 0.466. The maximum Gasteiger partial charge on any atom is 0.228 e. The maximum absolute atomic E-state index is 12.3. The van der Waals surface area contributed by atoms with E-state index in [9.17, 15) is 9.59 Å². The number of nitriles is 1. The van der Waals surface area contributed by atoms with Crippen LogP contribution in [-0.4, -0.2) is 11.8 Å². The minimum Gasteiger partial charge on any atom is -0.326 e. The molecule has 2 unspecified atom stereocenters. The first-order chi connectivity index (χ1) is 12.0. The van der Waals surface area contributed by atoms with Gasteiger partial charge in [-0.1, -0.05) is 35.3 Å². The zero-order valence-electron chi connectivity index (χ0n) is 12.9. The summed E-state index contributed by atoms with van der Waals surface area (Å²) in [5, 5.41) is 15.2. The normalized spacial score (nSPS) is 18.1. The standard InChI is InChI=1S/C18H13Cl2N3O2/c19-14-6-5-11(7-15(14)20)22-17(24)12-8-13(12)18(25)23-16-4-2-1-3-10(16)9-21/h1-7,12-13H,8H2,(H,22,24)(H,23,25). The van der Waals surface area contributed by atoms with E-state index in [1.807, 2.05) is 6.07 Å². The molecule has 0 saturated heterocycles. The minimum absolute atomic E-state index is 0.243. The van der Waals surface area contributed by atoms with Crippen molar-refractivity contribution < 1.29 is 9.59 Å². The van der Waals surface area contributed by atoms with Crippen molar-refractivity contribution in [2.75, 3.05) is 10.6 Å². The molecule has 0 spiro atoms. The van der Waals surface area contributed by atoms with E-state index >= 15 is 0 Å². The van der Waals surface area contributed by atoms with E-state index in [1.165, 1.54) is 0 Å². The quantitative estimate of drug-likeness (QED) is 0.846. The molecule has 0 heterocycles. The Morgan fingerprint density at radius 1 is 1.00 bits per heavy atom. The Morgan fingerprint density at radius 3 is 2.36 bits per heavy atom. The Kier molecular flexibility index (Phi) is 4.93. The van der Waals surface area contributed by atoms with Gasteiger partial charge in [0, 0.05) is 5.69 Å². The van der Waals surface area contributed by atoms with Crippen molar-refractivity contribution in [3.8, 4) is 6.07 Å². The molecule has 0 aromatic heterocycles. The number of nitrogens with one attached hydrogen (secondary N) is 2. The zero-order chi connectivity index (χ0) is 18.0. The third kappa shape index (κ3) is 3.93. The van der Waals surface area contributed by atoms with Crippen LogP contribution < -0.4 is 10.6 Å². The van der Waals surface area contributed by atoms with Crippen LogP contribution in [0.25, 0.3) is 0 Å². The highest BCUT2D eigenvalue weighted by molar-refractivity contribution is 6.42. The van der Waals surface area contributed by atoms with Crippen LogP contribution in [0, 0.1) is 23.2 Å². The van der Waals surface area contributed by atoms with Crippen molar-refractivity contribution in [2.45, 2.75) is 6.42 Å². The highest BCUT2D eigenvalue weighted by Crippen LogP contribution is 2.40. The lowest BCUT2D eigenvalue weighted by molar-refractivity contribution is -0.122. The first kappa shape index (κ1) is 17.3. The Morgan fingerprint density at radius 2 is 1.68 bits per heavy atom. The number of hydrogen-bond acceptors (Lipinski definition) is 3. The second-order valence-corrected chi connectivity index (χ2v) is 6.53. The van der Waals surface area contributed by atoms with Crippen LogP contribution in [0.5, 0.6) is 0 Å². The van der Waals surface area contributed by atoms with Gasteiger partial charge in [0.2, 0.25) is 11.8 Å². The van der Waals surface area contributed by atoms with Gasteiger partial charge in [-0.15, -0.1) is 0 Å². The largest absolute Gasteiger partial charge is 0.326 e. The Hall–Kier alpha value is -2.55. The number of carbonyl (C=O) groups is 2. The van der Waals surface area contributed by atoms with E-state index in [0.29, 0.717) is 33.4 Å². The fourth-order valence-electron chi connectivity index (χ4n) is 2.50. The van der Waals surface area contributed by atoms with Gasteiger partial charge >= 0.3 is 0 Å². The van der Waals surface area contributed by atoms with Gasteiger partial charge in [0.1, 0.15) is 6.07 Å². The molecular formula is C18H13Cl2N3O2. The molecule has 7 heteroatoms. The number of benzene rings is 2. The molecule has 2 atom stereocenters. The van der Waals surface area contributed by atoms with Crippen molar-refractivity contribution in [3.05, 3.63) is 58.1 Å². The van der Waals surface area contributed by atoms with E-state index < -0.39 is 11.8 Å². The number of carbonyl (C=O) groups excluding carboxylic acids is 2. The van der Waals surface area contributed by atoms with Gasteiger partial charge in [0.25, 0.3) is 0 Å². The molecule has 0 bridgehead atoms. The van der Waals surface area contributed by atoms with Crippen LogP contribution in [-0.2, 0) is 9.59 Å². The molecule has 5 nitrogen and oxygen atoms in total. The first-order valence-corrected chi connectivity index (χ1v) is 8.31. The van der Waals surface area contributed by atoms with Crippen LogP contribution >= 0.6 is 23.2 Å². The van der Waals surface area contributed by atoms with Crippen LogP contribution in [0.15, 0.2) is 42.5 Å². The molecule has 126 valence electrons. The zero-order valence-corrected chi connectivity index (χ0v) is 14.4. The summed E-state index contributed by atoms with van der Waals surface area (Å²) < 4.78 is 0. The van der Waals surface area contributed by atoms with Crippen molar-refractivity contribution in [1.82, 2.24) is 0 Å². The summed E-state index contributed by atoms with van der Waals surface area (Å²) in [6.45, 7) is 0. The van der Waals surface area contributed by atoms with Gasteiger partial charge < -0.3 is 10.6 Å². The number of halogens is 2. The number of rotatable bonds is 4. The number of nitrogens with zero attached hydrogens (tertiary/aromatic N) is 1. The summed E-state index contributed by atoms with van der Waals surface area (Å²) >= 11 is 11.8. The Labute approximate surface area is 154 Å². The van der Waals surface area contributed by atoms with Gasteiger partial charge in [0.15, 0.2) is 0 Å². The summed E-state index contributed by atoms with van der Waals surface area (Å²) in [4.78, 5) is 24.5. The molecule has 25 heavy (non-hydrogen) atoms. The summed E-state index contributed by atoms with van der Waals surface area (Å²) in [5.41, 5.74) is 1.36. The van der Waals surface area contributed by atoms with E-state index in [-0.39, 0.29) is 11.8 Å². The smallest absolute Gasteiger partial charge is 0.228 e. The SMILES string of the molecule is N#Cc1ccccc1NC(=O)C1CC1C(=O)Nc1ccc(Cl)c(Cl)c1. The lowest BCUT2D eigenvalue weighted by atomic mass is 10.2. The number of hydrogen-bond donors (Lipinski definition) is 2. The molecule has 3 rings (SSSR count). The second kappa shape index (κ2) is 7.14. The third-order valence-electron chi connectivity index (χ3n) is 3.96. The van der Waals surface area contributed by atoms with Crippen LogP contribution in [0.2, 0.25) is 10.0 Å². The van der Waals surface area contributed by atoms with E-state index in [4.69, 9.17) is 28.5 Å². The molecule has 2 aromatic rings. The van der Waals surface area contributed by atoms with Crippen LogP contribution in [0.1, 0.15) is 12.0 Å². The lowest BCUT2D eigenvalue weighted by Crippen LogP contribution is -2.20. The predicted molar refractivity (Wildman–Crippen MR) is 96.5 cm³/mol. The van der Waals surface area contributed by atoms with E-state index in [1.54, 1.807) is 42.5 Å². The highest BCUT2D eigenvalue weighted by Gasteiger charge is 2.48. The molecule has 1 fully saturated rings. The van der Waals surface area contributed by atoms with Crippen molar-refractivity contribution in [2.24, 2.45) is 11.8 Å². The highest BCUT2D eigenvalue weighted by atomic mass is 35.5. The molecule has 1 aliphatic rings. The maximum atomic E-state index is 12.3. The fraction of sp³-hybridized carbons (Fsp3) is 0.167. The number of amides is 2. The van der Waals surface area contributed by atoms with Gasteiger partial charge in [-0.05, 0) is 36.8 Å². The fourth-order valence-corrected chi connectivity index (χ4v) is 2.80. The van der Waals surface area contributed by atoms with E-state index in [2.05, 4.69) is 10.6 Å². The second-order valence-electron chi connectivity index (χ2n) is 5.71. The number of anilines is 2. The van der Waals surface area contributed by atoms with E-state index in [0.717, 1.165) is 0 Å². The molecule has 2 amide bonds. The van der Waals surface area contributed by atoms with Gasteiger partial charge in [-0.25, -0.2) is 0 Å². The first-order valence-electron chi connectivity index (χ1n) is 7.55. The van der Waals surface area contributed by atoms with Crippen molar-refractivity contribution in [1.29, 1.82) is 5.26 Å². The van der Waals surface area contributed by atoms with Crippen LogP contribution in [0.4, 0.5) is 11.4 Å². The van der Waals surface area contributed by atoms with Crippen molar-refractivity contribution >= 4 is 46.4 Å². The van der Waals surface area contributed by atoms with Crippen LogP contribution in [0.3, 0.4) is 0 Å². The molecule has 0 radical (unpaired) electrons. The molecule has 0 aliphatic heterocycles. The Balaban J connectivity index is 1.60. The molecular weight excluding hydrogens is 361 g/mol. The average molecular weight is 374 g/mol. The molecule has 2 N–H and O–H groups in total. The molecule has 2 aromatic carbocycles.